The molecule has 0 radical (unpaired) electrons. The number of carbonyl (C=O) groups excluding carboxylic acids is 1. The van der Waals surface area contributed by atoms with Crippen LogP contribution < -0.4 is 5.32 Å². The van der Waals surface area contributed by atoms with E-state index in [-0.39, 0.29) is 24.3 Å². The van der Waals surface area contributed by atoms with E-state index in [0.717, 1.165) is 5.56 Å². The minimum atomic E-state index is -1.09. The van der Waals surface area contributed by atoms with Crippen LogP contribution in [0.5, 0.6) is 0 Å². The number of nitrogens with one attached hydrogen (secondary N) is 1. The summed E-state index contributed by atoms with van der Waals surface area (Å²) in [5.74, 6) is -0.137. The molecule has 3 N–H and O–H groups in total. The first kappa shape index (κ1) is 21.5. The lowest BCUT2D eigenvalue weighted by atomic mass is 9.66. The molecule has 7 heteroatoms. The highest BCUT2D eigenvalue weighted by atomic mass is 35.5. The highest BCUT2D eigenvalue weighted by Crippen LogP contribution is 2.46. The van der Waals surface area contributed by atoms with Crippen LogP contribution in [-0.4, -0.2) is 46.2 Å². The van der Waals surface area contributed by atoms with E-state index in [9.17, 15) is 14.7 Å². The molecule has 0 bridgehead atoms. The lowest BCUT2D eigenvalue weighted by Crippen LogP contribution is -2.57. The Bertz CT molecular complexity index is 692. The third kappa shape index (κ3) is 4.74. The van der Waals surface area contributed by atoms with Gasteiger partial charge in [0.15, 0.2) is 0 Å². The first-order valence-corrected chi connectivity index (χ1v) is 9.60. The van der Waals surface area contributed by atoms with E-state index in [2.05, 4.69) is 5.32 Å². The van der Waals surface area contributed by atoms with E-state index in [0.29, 0.717) is 24.5 Å². The molecular weight excluding hydrogens is 368 g/mol. The van der Waals surface area contributed by atoms with Gasteiger partial charge in [0.1, 0.15) is 0 Å². The quantitative estimate of drug-likeness (QED) is 0.710. The molecule has 2 rings (SSSR count). The summed E-state index contributed by atoms with van der Waals surface area (Å²) in [6.07, 6.45) is -0.393. The summed E-state index contributed by atoms with van der Waals surface area (Å²) in [5, 5.41) is 23.2. The molecule has 1 aromatic carbocycles. The van der Waals surface area contributed by atoms with Crippen LogP contribution in [0.4, 0.5) is 4.79 Å². The number of rotatable bonds is 5. The summed E-state index contributed by atoms with van der Waals surface area (Å²) < 4.78 is 0. The molecule has 0 aliphatic carbocycles. The normalized spacial score (nSPS) is 24.1. The van der Waals surface area contributed by atoms with Crippen molar-refractivity contribution < 1.29 is 19.8 Å². The molecule has 27 heavy (non-hydrogen) atoms. The topological polar surface area (TPSA) is 89.9 Å². The van der Waals surface area contributed by atoms with Crippen LogP contribution in [-0.2, 0) is 10.4 Å². The van der Waals surface area contributed by atoms with Crippen molar-refractivity contribution >= 4 is 23.6 Å². The van der Waals surface area contributed by atoms with Gasteiger partial charge >= 0.3 is 6.09 Å². The fourth-order valence-corrected chi connectivity index (χ4v) is 3.84. The van der Waals surface area contributed by atoms with Crippen LogP contribution in [0.25, 0.3) is 0 Å². The molecule has 150 valence electrons. The molecule has 1 heterocycles. The highest BCUT2D eigenvalue weighted by Gasteiger charge is 2.49. The number of benzene rings is 1. The summed E-state index contributed by atoms with van der Waals surface area (Å²) in [4.78, 5) is 25.3. The zero-order chi connectivity index (χ0) is 20.4. The Morgan fingerprint density at radius 1 is 1.26 bits per heavy atom. The van der Waals surface area contributed by atoms with Crippen LogP contribution in [0.15, 0.2) is 24.3 Å². The third-order valence-electron chi connectivity index (χ3n) is 5.83. The van der Waals surface area contributed by atoms with E-state index >= 15 is 0 Å². The van der Waals surface area contributed by atoms with Crippen LogP contribution >= 0.6 is 11.6 Å². The lowest BCUT2D eigenvalue weighted by molar-refractivity contribution is -0.154. The number of hydrogen-bond acceptors (Lipinski definition) is 3. The van der Waals surface area contributed by atoms with E-state index < -0.39 is 17.1 Å². The van der Waals surface area contributed by atoms with Gasteiger partial charge in [0.2, 0.25) is 5.91 Å². The van der Waals surface area contributed by atoms with Crippen molar-refractivity contribution in [1.29, 1.82) is 0 Å². The predicted octanol–water partition coefficient (Wildman–Crippen LogP) is 3.47. The molecule has 0 unspecified atom stereocenters. The Hall–Kier alpha value is -1.79. The molecular formula is C20H29ClN2O4. The largest absolute Gasteiger partial charge is 0.465 e. The Balaban J connectivity index is 2.06. The minimum Gasteiger partial charge on any atom is -0.465 e. The average molecular weight is 397 g/mol. The van der Waals surface area contributed by atoms with Crippen molar-refractivity contribution in [2.75, 3.05) is 13.1 Å². The van der Waals surface area contributed by atoms with Crippen molar-refractivity contribution in [3.63, 3.8) is 0 Å². The molecule has 2 amide bonds. The number of carboxylic acid groups (broad SMARTS) is 1. The molecule has 1 aliphatic heterocycles. The monoisotopic (exact) mass is 396 g/mol. The summed E-state index contributed by atoms with van der Waals surface area (Å²) >= 11 is 5.96. The Kier molecular flexibility index (Phi) is 6.43. The molecule has 0 saturated carbocycles. The van der Waals surface area contributed by atoms with E-state index in [1.165, 1.54) is 0 Å². The SMILES string of the molecule is C[C@H](CC(=O)N1CC[C@](O)(c2ccc(Cl)cc2)C(C)(C)C1)[C@@H](C)NC(=O)O. The molecule has 6 nitrogen and oxygen atoms in total. The Labute approximate surface area is 165 Å². The highest BCUT2D eigenvalue weighted by molar-refractivity contribution is 6.30. The van der Waals surface area contributed by atoms with Crippen molar-refractivity contribution in [3.8, 4) is 0 Å². The standard InChI is InChI=1S/C20H29ClN2O4/c1-13(14(2)22-18(25)26)11-17(24)23-10-9-20(27,19(3,4)12-23)15-5-7-16(21)8-6-15/h5-8,13-14,22,27H,9-12H2,1-4H3,(H,25,26)/t13-,14-,20+/m1/s1. The van der Waals surface area contributed by atoms with E-state index in [4.69, 9.17) is 16.7 Å². The van der Waals surface area contributed by atoms with Crippen LogP contribution in [0.2, 0.25) is 5.02 Å². The number of likely N-dealkylation sites (tertiary alicyclic amines) is 1. The van der Waals surface area contributed by atoms with E-state index in [1.54, 1.807) is 24.0 Å². The van der Waals surface area contributed by atoms with Gasteiger partial charge in [-0.15, -0.1) is 0 Å². The van der Waals surface area contributed by atoms with Gasteiger partial charge in [0.25, 0.3) is 0 Å². The minimum absolute atomic E-state index is 0.0206. The molecule has 0 spiro atoms. The van der Waals surface area contributed by atoms with Crippen molar-refractivity contribution in [1.82, 2.24) is 10.2 Å². The maximum absolute atomic E-state index is 12.7. The number of amides is 2. The summed E-state index contributed by atoms with van der Waals surface area (Å²) in [6.45, 7) is 8.41. The first-order valence-electron chi connectivity index (χ1n) is 9.22. The van der Waals surface area contributed by atoms with Crippen LogP contribution in [0.1, 0.15) is 46.1 Å². The Morgan fingerprint density at radius 2 is 1.85 bits per heavy atom. The number of nitrogens with zero attached hydrogens (tertiary/aromatic N) is 1. The lowest BCUT2D eigenvalue weighted by Gasteiger charge is -2.50. The predicted molar refractivity (Wildman–Crippen MR) is 105 cm³/mol. The molecule has 1 aromatic rings. The number of carbonyl (C=O) groups is 2. The smallest absolute Gasteiger partial charge is 0.404 e. The zero-order valence-corrected chi connectivity index (χ0v) is 17.1. The van der Waals surface area contributed by atoms with Gasteiger partial charge in [0, 0.05) is 36.0 Å². The molecule has 1 fully saturated rings. The summed E-state index contributed by atoms with van der Waals surface area (Å²) in [5.41, 5.74) is -0.780. The van der Waals surface area contributed by atoms with Gasteiger partial charge in [-0.1, -0.05) is 44.5 Å². The molecule has 1 saturated heterocycles. The van der Waals surface area contributed by atoms with Gasteiger partial charge in [-0.2, -0.15) is 0 Å². The van der Waals surface area contributed by atoms with Crippen molar-refractivity contribution in [2.24, 2.45) is 11.3 Å². The van der Waals surface area contributed by atoms with Crippen LogP contribution in [0, 0.1) is 11.3 Å². The number of halogens is 1. The van der Waals surface area contributed by atoms with Crippen LogP contribution in [0.3, 0.4) is 0 Å². The third-order valence-corrected chi connectivity index (χ3v) is 6.08. The molecule has 0 aromatic heterocycles. The fourth-order valence-electron chi connectivity index (χ4n) is 3.71. The first-order chi connectivity index (χ1) is 12.5. The second kappa shape index (κ2) is 8.07. The summed E-state index contributed by atoms with van der Waals surface area (Å²) in [6, 6.07) is 6.89. The maximum Gasteiger partial charge on any atom is 0.404 e. The number of aliphatic hydroxyl groups is 1. The van der Waals surface area contributed by atoms with Gasteiger partial charge in [-0.25, -0.2) is 4.79 Å². The van der Waals surface area contributed by atoms with Crippen molar-refractivity contribution in [2.45, 2.75) is 52.2 Å². The van der Waals surface area contributed by atoms with Gasteiger partial charge < -0.3 is 20.4 Å². The fraction of sp³-hybridized carbons (Fsp3) is 0.600. The van der Waals surface area contributed by atoms with Crippen molar-refractivity contribution in [3.05, 3.63) is 34.9 Å². The number of hydrogen-bond donors (Lipinski definition) is 3. The second-order valence-corrected chi connectivity index (χ2v) is 8.67. The zero-order valence-electron chi connectivity index (χ0n) is 16.3. The van der Waals surface area contributed by atoms with E-state index in [1.807, 2.05) is 32.9 Å². The van der Waals surface area contributed by atoms with Gasteiger partial charge in [0.05, 0.1) is 5.60 Å². The maximum atomic E-state index is 12.7. The van der Waals surface area contributed by atoms with Gasteiger partial charge in [-0.05, 0) is 37.0 Å². The molecule has 1 aliphatic rings. The molecule has 3 atom stereocenters. The van der Waals surface area contributed by atoms with Gasteiger partial charge in [-0.3, -0.25) is 4.79 Å². The number of piperidine rings is 1. The second-order valence-electron chi connectivity index (χ2n) is 8.24. The Morgan fingerprint density at radius 3 is 2.37 bits per heavy atom. The summed E-state index contributed by atoms with van der Waals surface area (Å²) in [7, 11) is 0. The average Bonchev–Trinajstić information content (AvgIpc) is 2.57.